The van der Waals surface area contributed by atoms with E-state index in [1.54, 1.807) is 6.07 Å². The summed E-state index contributed by atoms with van der Waals surface area (Å²) >= 11 is 0. The largest absolute Gasteiger partial charge is 0.482 e. The monoisotopic (exact) mass is 360 g/mol. The Morgan fingerprint density at radius 1 is 1.07 bits per heavy atom. The zero-order valence-electron chi connectivity index (χ0n) is 14.9. The van der Waals surface area contributed by atoms with Crippen LogP contribution in [-0.2, 0) is 9.53 Å². The van der Waals surface area contributed by atoms with Crippen molar-refractivity contribution in [3.8, 4) is 0 Å². The van der Waals surface area contributed by atoms with Gasteiger partial charge in [-0.3, -0.25) is 4.79 Å². The smallest absolute Gasteiger partial charge is 0.260 e. The lowest BCUT2D eigenvalue weighted by atomic mass is 9.91. The number of amides is 1. The van der Waals surface area contributed by atoms with Gasteiger partial charge >= 0.3 is 0 Å². The number of halogens is 1. The molecule has 27 heavy (non-hydrogen) atoms. The molecule has 0 fully saturated rings. The van der Waals surface area contributed by atoms with Gasteiger partial charge in [-0.05, 0) is 67.3 Å². The SMILES string of the molecule is CC1(C)OC(=C2C(=O)Nc3cc(F)ccc32)C=C1c1ccc2[nH]ccc2c1. The molecule has 5 rings (SSSR count). The zero-order valence-corrected chi connectivity index (χ0v) is 14.9. The lowest BCUT2D eigenvalue weighted by Gasteiger charge is -2.23. The second-order valence-electron chi connectivity index (χ2n) is 7.33. The summed E-state index contributed by atoms with van der Waals surface area (Å²) in [4.78, 5) is 15.7. The van der Waals surface area contributed by atoms with Gasteiger partial charge in [0, 0.05) is 22.9 Å². The fourth-order valence-corrected chi connectivity index (χ4v) is 3.83. The van der Waals surface area contributed by atoms with Crippen LogP contribution < -0.4 is 5.32 Å². The molecule has 0 atom stereocenters. The molecule has 0 aliphatic carbocycles. The van der Waals surface area contributed by atoms with Gasteiger partial charge < -0.3 is 15.0 Å². The second-order valence-corrected chi connectivity index (χ2v) is 7.33. The summed E-state index contributed by atoms with van der Waals surface area (Å²) in [6.07, 6.45) is 3.83. The Hall–Kier alpha value is -3.34. The number of aromatic amines is 1. The first-order valence-corrected chi connectivity index (χ1v) is 8.77. The standard InChI is InChI=1S/C22H17FN2O2/c1-22(2)16(12-3-6-17-13(9-12)7-8-24-17)11-19(27-22)20-15-5-4-14(23)10-18(15)25-21(20)26/h3-11,24H,1-2H3,(H,25,26). The average molecular weight is 360 g/mol. The third kappa shape index (κ3) is 2.39. The van der Waals surface area contributed by atoms with Crippen LogP contribution in [0.5, 0.6) is 0 Å². The molecule has 3 heterocycles. The van der Waals surface area contributed by atoms with E-state index in [-0.39, 0.29) is 11.7 Å². The van der Waals surface area contributed by atoms with Crippen molar-refractivity contribution in [2.45, 2.75) is 19.4 Å². The van der Waals surface area contributed by atoms with Gasteiger partial charge in [0.2, 0.25) is 0 Å². The van der Waals surface area contributed by atoms with Gasteiger partial charge in [-0.15, -0.1) is 0 Å². The number of anilines is 1. The van der Waals surface area contributed by atoms with Gasteiger partial charge in [0.1, 0.15) is 17.2 Å². The number of carbonyl (C=O) groups excluding carboxylic acids is 1. The topological polar surface area (TPSA) is 54.1 Å². The van der Waals surface area contributed by atoms with E-state index >= 15 is 0 Å². The Kier molecular flexibility index (Phi) is 3.13. The molecule has 0 unspecified atom stereocenters. The third-order valence-electron chi connectivity index (χ3n) is 5.13. The number of H-pyrrole nitrogens is 1. The van der Waals surface area contributed by atoms with E-state index < -0.39 is 5.60 Å². The van der Waals surface area contributed by atoms with Gasteiger partial charge in [0.25, 0.3) is 5.91 Å². The molecule has 4 nitrogen and oxygen atoms in total. The maximum absolute atomic E-state index is 13.5. The van der Waals surface area contributed by atoms with E-state index in [4.69, 9.17) is 4.74 Å². The summed E-state index contributed by atoms with van der Waals surface area (Å²) in [5.74, 6) is -0.156. The Morgan fingerprint density at radius 3 is 2.78 bits per heavy atom. The molecule has 134 valence electrons. The summed E-state index contributed by atoms with van der Waals surface area (Å²) in [5, 5.41) is 3.83. The molecule has 0 bridgehead atoms. The van der Waals surface area contributed by atoms with E-state index in [9.17, 15) is 9.18 Å². The third-order valence-corrected chi connectivity index (χ3v) is 5.13. The number of aromatic nitrogens is 1. The van der Waals surface area contributed by atoms with Crippen LogP contribution in [0.3, 0.4) is 0 Å². The molecule has 1 amide bonds. The number of rotatable bonds is 1. The first kappa shape index (κ1) is 15.9. The average Bonchev–Trinajstić information content (AvgIpc) is 3.28. The molecule has 2 N–H and O–H groups in total. The summed E-state index contributed by atoms with van der Waals surface area (Å²) in [5.41, 5.74) is 4.09. The van der Waals surface area contributed by atoms with Crippen LogP contribution in [0.2, 0.25) is 0 Å². The minimum absolute atomic E-state index is 0.278. The molecular formula is C22H17FN2O2. The number of allylic oxidation sites excluding steroid dienone is 1. The minimum Gasteiger partial charge on any atom is -0.482 e. The van der Waals surface area contributed by atoms with Crippen LogP contribution in [0.4, 0.5) is 10.1 Å². The fraction of sp³-hybridized carbons (Fsp3) is 0.136. The van der Waals surface area contributed by atoms with Gasteiger partial charge in [0.15, 0.2) is 0 Å². The van der Waals surface area contributed by atoms with Crippen molar-refractivity contribution in [2.24, 2.45) is 0 Å². The number of hydrogen-bond donors (Lipinski definition) is 2. The van der Waals surface area contributed by atoms with Crippen molar-refractivity contribution in [3.63, 3.8) is 0 Å². The Morgan fingerprint density at radius 2 is 1.93 bits per heavy atom. The molecular weight excluding hydrogens is 343 g/mol. The van der Waals surface area contributed by atoms with Crippen molar-refractivity contribution < 1.29 is 13.9 Å². The Bertz CT molecular complexity index is 1180. The minimum atomic E-state index is -0.588. The number of nitrogens with one attached hydrogen (secondary N) is 2. The van der Waals surface area contributed by atoms with Crippen molar-refractivity contribution >= 4 is 33.6 Å². The first-order chi connectivity index (χ1) is 12.9. The van der Waals surface area contributed by atoms with E-state index in [1.165, 1.54) is 12.1 Å². The number of hydrogen-bond acceptors (Lipinski definition) is 2. The molecule has 2 aliphatic rings. The van der Waals surface area contributed by atoms with Gasteiger partial charge in [-0.25, -0.2) is 4.39 Å². The molecule has 0 radical (unpaired) electrons. The molecule has 5 heteroatoms. The highest BCUT2D eigenvalue weighted by Gasteiger charge is 2.38. The van der Waals surface area contributed by atoms with Crippen LogP contribution in [0.25, 0.3) is 22.0 Å². The predicted octanol–water partition coefficient (Wildman–Crippen LogP) is 4.86. The summed E-state index contributed by atoms with van der Waals surface area (Å²) in [7, 11) is 0. The molecule has 2 aliphatic heterocycles. The van der Waals surface area contributed by atoms with Crippen LogP contribution in [-0.4, -0.2) is 16.5 Å². The normalized spacial score (nSPS) is 20.4. The summed E-state index contributed by atoms with van der Waals surface area (Å²) < 4.78 is 19.7. The number of fused-ring (bicyclic) bond motifs is 2. The Balaban J connectivity index is 1.67. The van der Waals surface area contributed by atoms with Crippen molar-refractivity contribution in [2.75, 3.05) is 5.32 Å². The molecule has 1 aromatic heterocycles. The van der Waals surface area contributed by atoms with Crippen molar-refractivity contribution in [1.82, 2.24) is 4.98 Å². The van der Waals surface area contributed by atoms with E-state index in [1.807, 2.05) is 44.3 Å². The van der Waals surface area contributed by atoms with Crippen LogP contribution in [0.1, 0.15) is 25.0 Å². The predicted molar refractivity (Wildman–Crippen MR) is 103 cm³/mol. The van der Waals surface area contributed by atoms with Gasteiger partial charge in [0.05, 0.1) is 11.3 Å². The summed E-state index contributed by atoms with van der Waals surface area (Å²) in [6.45, 7) is 3.96. The summed E-state index contributed by atoms with van der Waals surface area (Å²) in [6, 6.07) is 12.5. The van der Waals surface area contributed by atoms with Crippen molar-refractivity contribution in [3.05, 3.63) is 77.4 Å². The highest BCUT2D eigenvalue weighted by atomic mass is 19.1. The highest BCUT2D eigenvalue weighted by molar-refractivity contribution is 6.32. The zero-order chi connectivity index (χ0) is 18.8. The van der Waals surface area contributed by atoms with Crippen LogP contribution >= 0.6 is 0 Å². The lowest BCUT2D eigenvalue weighted by Crippen LogP contribution is -2.21. The molecule has 3 aromatic rings. The maximum Gasteiger partial charge on any atom is 0.260 e. The highest BCUT2D eigenvalue weighted by Crippen LogP contribution is 2.44. The van der Waals surface area contributed by atoms with Crippen LogP contribution in [0, 0.1) is 5.82 Å². The first-order valence-electron chi connectivity index (χ1n) is 8.77. The van der Waals surface area contributed by atoms with Gasteiger partial charge in [-0.1, -0.05) is 6.07 Å². The van der Waals surface area contributed by atoms with E-state index in [0.29, 0.717) is 22.6 Å². The second kappa shape index (κ2) is 5.33. The van der Waals surface area contributed by atoms with Gasteiger partial charge in [-0.2, -0.15) is 0 Å². The number of ether oxygens (including phenoxy) is 1. The fourth-order valence-electron chi connectivity index (χ4n) is 3.83. The van der Waals surface area contributed by atoms with Crippen LogP contribution in [0.15, 0.2) is 60.5 Å². The molecule has 0 saturated carbocycles. The molecule has 0 spiro atoms. The van der Waals surface area contributed by atoms with Crippen molar-refractivity contribution in [1.29, 1.82) is 0 Å². The number of benzene rings is 2. The number of carbonyl (C=O) groups is 1. The van der Waals surface area contributed by atoms with E-state index in [0.717, 1.165) is 22.0 Å². The van der Waals surface area contributed by atoms with E-state index in [2.05, 4.69) is 16.4 Å². The lowest BCUT2D eigenvalue weighted by molar-refractivity contribution is -0.111. The Labute approximate surface area is 155 Å². The maximum atomic E-state index is 13.5. The molecule has 2 aromatic carbocycles. The molecule has 0 saturated heterocycles. The quantitative estimate of drug-likeness (QED) is 0.609.